The number of para-hydroxylation sites is 3. The van der Waals surface area contributed by atoms with Crippen molar-refractivity contribution in [3.63, 3.8) is 0 Å². The van der Waals surface area contributed by atoms with Crippen molar-refractivity contribution in [1.29, 1.82) is 0 Å². The lowest BCUT2D eigenvalue weighted by Crippen LogP contribution is -2.10. The molecule has 9 rings (SSSR count). The van der Waals surface area contributed by atoms with Crippen molar-refractivity contribution < 1.29 is 0 Å². The summed E-state index contributed by atoms with van der Waals surface area (Å²) < 4.78 is 2.41. The highest BCUT2D eigenvalue weighted by Crippen LogP contribution is 2.41. The number of aromatic nitrogens is 1. The maximum Gasteiger partial charge on any atom is 0.0541 e. The lowest BCUT2D eigenvalue weighted by Gasteiger charge is -2.27. The van der Waals surface area contributed by atoms with E-state index >= 15 is 0 Å². The molecule has 0 saturated carbocycles. The van der Waals surface area contributed by atoms with Gasteiger partial charge in [-0.1, -0.05) is 146 Å². The van der Waals surface area contributed by atoms with Crippen LogP contribution in [0.4, 0.5) is 17.1 Å². The van der Waals surface area contributed by atoms with E-state index in [1.54, 1.807) is 0 Å². The number of rotatable bonds is 6. The van der Waals surface area contributed by atoms with Gasteiger partial charge < -0.3 is 9.47 Å². The molecule has 0 atom stereocenters. The van der Waals surface area contributed by atoms with Crippen LogP contribution in [0.1, 0.15) is 0 Å². The van der Waals surface area contributed by atoms with Crippen molar-refractivity contribution in [1.82, 2.24) is 4.57 Å². The quantitative estimate of drug-likeness (QED) is 0.181. The Labute approximate surface area is 280 Å². The summed E-state index contributed by atoms with van der Waals surface area (Å²) in [6.45, 7) is 0. The molecule has 0 aliphatic heterocycles. The smallest absolute Gasteiger partial charge is 0.0541 e. The van der Waals surface area contributed by atoms with Crippen molar-refractivity contribution in [2.24, 2.45) is 0 Å². The molecule has 9 aromatic rings. The number of benzene rings is 8. The van der Waals surface area contributed by atoms with E-state index in [2.05, 4.69) is 204 Å². The second-order valence-corrected chi connectivity index (χ2v) is 12.2. The number of hydrogen-bond donors (Lipinski definition) is 0. The third kappa shape index (κ3) is 4.74. The van der Waals surface area contributed by atoms with Crippen molar-refractivity contribution in [2.75, 3.05) is 4.90 Å². The molecule has 0 spiro atoms. The van der Waals surface area contributed by atoms with Gasteiger partial charge in [0.25, 0.3) is 0 Å². The zero-order chi connectivity index (χ0) is 31.9. The molecule has 2 nitrogen and oxygen atoms in total. The zero-order valence-electron chi connectivity index (χ0n) is 26.4. The topological polar surface area (TPSA) is 8.17 Å². The van der Waals surface area contributed by atoms with Crippen LogP contribution in [0.5, 0.6) is 0 Å². The van der Waals surface area contributed by atoms with Gasteiger partial charge in [-0.25, -0.2) is 0 Å². The summed E-state index contributed by atoms with van der Waals surface area (Å²) in [6.07, 6.45) is 0. The van der Waals surface area contributed by atoms with Gasteiger partial charge in [-0.2, -0.15) is 0 Å². The lowest BCUT2D eigenvalue weighted by molar-refractivity contribution is 1.18. The molecule has 226 valence electrons. The highest BCUT2D eigenvalue weighted by Gasteiger charge is 2.18. The fourth-order valence-corrected chi connectivity index (χ4v) is 7.15. The van der Waals surface area contributed by atoms with Crippen LogP contribution in [-0.4, -0.2) is 4.57 Å². The summed E-state index contributed by atoms with van der Waals surface area (Å²) in [5.74, 6) is 0. The van der Waals surface area contributed by atoms with Gasteiger partial charge in [-0.05, 0) is 70.6 Å². The van der Waals surface area contributed by atoms with E-state index in [4.69, 9.17) is 0 Å². The van der Waals surface area contributed by atoms with E-state index in [0.29, 0.717) is 0 Å². The van der Waals surface area contributed by atoms with Gasteiger partial charge in [0.05, 0.1) is 22.4 Å². The molecule has 0 radical (unpaired) electrons. The molecule has 0 N–H and O–H groups in total. The number of anilines is 3. The van der Waals surface area contributed by atoms with E-state index < -0.39 is 0 Å². The highest BCUT2D eigenvalue weighted by atomic mass is 15.1. The maximum absolute atomic E-state index is 2.41. The van der Waals surface area contributed by atoms with Gasteiger partial charge >= 0.3 is 0 Å². The number of hydrogen-bond acceptors (Lipinski definition) is 1. The van der Waals surface area contributed by atoms with Crippen molar-refractivity contribution in [3.8, 4) is 27.9 Å². The monoisotopic (exact) mass is 612 g/mol. The normalized spacial score (nSPS) is 11.3. The standard InChI is InChI=1S/C46H32N2/c1-2-13-33(14-3-1)34-25-29-37(30-26-34)47(43-24-12-16-35-15-4-5-17-39(35)43)38-31-27-36(28-32-38)40-18-6-9-21-44(40)48-45-22-10-7-19-41(45)42-20-8-11-23-46(42)48/h1-32H. The number of fused-ring (bicyclic) bond motifs is 4. The van der Waals surface area contributed by atoms with Crippen molar-refractivity contribution in [3.05, 3.63) is 194 Å². The predicted octanol–water partition coefficient (Wildman–Crippen LogP) is 12.7. The molecule has 0 bridgehead atoms. The van der Waals surface area contributed by atoms with Crippen LogP contribution in [0.15, 0.2) is 194 Å². The Kier molecular flexibility index (Phi) is 6.84. The third-order valence-corrected chi connectivity index (χ3v) is 9.40. The van der Waals surface area contributed by atoms with Gasteiger partial charge in [-0.3, -0.25) is 0 Å². The molecule has 0 saturated heterocycles. The average molecular weight is 613 g/mol. The molecule has 0 aliphatic carbocycles. The molecule has 1 heterocycles. The van der Waals surface area contributed by atoms with Crippen LogP contribution in [0, 0.1) is 0 Å². The van der Waals surface area contributed by atoms with Gasteiger partial charge in [0.2, 0.25) is 0 Å². The Morgan fingerprint density at radius 2 is 0.833 bits per heavy atom. The first-order valence-electron chi connectivity index (χ1n) is 16.4. The fraction of sp³-hybridized carbons (Fsp3) is 0. The molecule has 0 unspecified atom stereocenters. The molecular weight excluding hydrogens is 581 g/mol. The first-order chi connectivity index (χ1) is 23.8. The number of nitrogens with zero attached hydrogens (tertiary/aromatic N) is 2. The van der Waals surface area contributed by atoms with Gasteiger partial charge in [0.1, 0.15) is 0 Å². The highest BCUT2D eigenvalue weighted by molar-refractivity contribution is 6.09. The van der Waals surface area contributed by atoms with E-state index in [1.165, 1.54) is 60.5 Å². The van der Waals surface area contributed by atoms with E-state index in [0.717, 1.165) is 17.1 Å². The van der Waals surface area contributed by atoms with Crippen LogP contribution in [0.2, 0.25) is 0 Å². The Morgan fingerprint density at radius 1 is 0.333 bits per heavy atom. The average Bonchev–Trinajstić information content (AvgIpc) is 3.50. The Hall–Kier alpha value is -6.38. The van der Waals surface area contributed by atoms with E-state index in [1.807, 2.05) is 0 Å². The zero-order valence-corrected chi connectivity index (χ0v) is 26.4. The first-order valence-corrected chi connectivity index (χ1v) is 16.4. The lowest BCUT2D eigenvalue weighted by atomic mass is 10.0. The van der Waals surface area contributed by atoms with E-state index in [9.17, 15) is 0 Å². The summed E-state index contributed by atoms with van der Waals surface area (Å²) in [6, 6.07) is 69.8. The maximum atomic E-state index is 2.41. The van der Waals surface area contributed by atoms with Crippen LogP contribution in [0.3, 0.4) is 0 Å². The minimum absolute atomic E-state index is 1.11. The predicted molar refractivity (Wildman–Crippen MR) is 204 cm³/mol. The van der Waals surface area contributed by atoms with Crippen molar-refractivity contribution >= 4 is 49.6 Å². The molecule has 1 aromatic heterocycles. The molecule has 2 heteroatoms. The summed E-state index contributed by atoms with van der Waals surface area (Å²) in [5, 5.41) is 4.97. The minimum Gasteiger partial charge on any atom is -0.310 e. The molecule has 0 aliphatic rings. The summed E-state index contributed by atoms with van der Waals surface area (Å²) in [5.41, 5.74) is 11.8. The second kappa shape index (κ2) is 11.8. The largest absolute Gasteiger partial charge is 0.310 e. The van der Waals surface area contributed by atoms with Gasteiger partial charge in [0, 0.05) is 33.1 Å². The Bertz CT molecular complexity index is 2480. The third-order valence-electron chi connectivity index (χ3n) is 9.40. The second-order valence-electron chi connectivity index (χ2n) is 12.2. The molecule has 0 amide bonds. The van der Waals surface area contributed by atoms with Crippen LogP contribution >= 0.6 is 0 Å². The SMILES string of the molecule is c1ccc(-c2ccc(N(c3ccc(-c4ccccc4-n4c5ccccc5c5ccccc54)cc3)c3cccc4ccccc34)cc2)cc1. The molecule has 48 heavy (non-hydrogen) atoms. The van der Waals surface area contributed by atoms with Crippen molar-refractivity contribution in [2.45, 2.75) is 0 Å². The minimum atomic E-state index is 1.11. The summed E-state index contributed by atoms with van der Waals surface area (Å²) in [4.78, 5) is 2.37. The molecule has 0 fully saturated rings. The molecular formula is C46H32N2. The molecule has 8 aromatic carbocycles. The first kappa shape index (κ1) is 27.9. The van der Waals surface area contributed by atoms with Crippen LogP contribution in [0.25, 0.3) is 60.5 Å². The Morgan fingerprint density at radius 3 is 1.52 bits per heavy atom. The Balaban J connectivity index is 1.17. The van der Waals surface area contributed by atoms with Gasteiger partial charge in [-0.15, -0.1) is 0 Å². The summed E-state index contributed by atoms with van der Waals surface area (Å²) in [7, 11) is 0. The summed E-state index contributed by atoms with van der Waals surface area (Å²) >= 11 is 0. The van der Waals surface area contributed by atoms with Gasteiger partial charge in [0.15, 0.2) is 0 Å². The van der Waals surface area contributed by atoms with E-state index in [-0.39, 0.29) is 0 Å². The van der Waals surface area contributed by atoms with Crippen LogP contribution < -0.4 is 4.90 Å². The fourth-order valence-electron chi connectivity index (χ4n) is 7.15. The van der Waals surface area contributed by atoms with Crippen LogP contribution in [-0.2, 0) is 0 Å².